The number of para-hydroxylation sites is 2. The number of hydrogen-bond donors (Lipinski definition) is 0. The van der Waals surface area contributed by atoms with Crippen molar-refractivity contribution in [2.45, 2.75) is 20.4 Å². The number of nitrogens with zero attached hydrogens (tertiary/aromatic N) is 2. The van der Waals surface area contributed by atoms with Gasteiger partial charge in [-0.2, -0.15) is 0 Å². The van der Waals surface area contributed by atoms with Crippen molar-refractivity contribution in [3.63, 3.8) is 0 Å². The molecule has 2 rings (SSSR count). The highest BCUT2D eigenvalue weighted by Gasteiger charge is 2.09. The molecule has 0 fully saturated rings. The SMILES string of the molecule is CCn1cc(C)nc1Oc1ccccc1OC. The average molecular weight is 232 g/mol. The second-order valence-corrected chi connectivity index (χ2v) is 3.70. The van der Waals surface area contributed by atoms with Crippen LogP contribution in [0.4, 0.5) is 0 Å². The van der Waals surface area contributed by atoms with Crippen LogP contribution in [0.15, 0.2) is 30.5 Å². The summed E-state index contributed by atoms with van der Waals surface area (Å²) in [7, 11) is 1.62. The summed E-state index contributed by atoms with van der Waals surface area (Å²) in [5.41, 5.74) is 0.941. The molecule has 0 aliphatic heterocycles. The molecule has 0 spiro atoms. The molecule has 0 bridgehead atoms. The van der Waals surface area contributed by atoms with Gasteiger partial charge < -0.3 is 14.0 Å². The van der Waals surface area contributed by atoms with Gasteiger partial charge in [0.1, 0.15) is 0 Å². The number of aryl methyl sites for hydroxylation is 2. The molecule has 2 aromatic rings. The zero-order valence-electron chi connectivity index (χ0n) is 10.3. The minimum Gasteiger partial charge on any atom is -0.493 e. The van der Waals surface area contributed by atoms with Crippen LogP contribution in [0.25, 0.3) is 0 Å². The van der Waals surface area contributed by atoms with Crippen LogP contribution in [0, 0.1) is 6.92 Å². The van der Waals surface area contributed by atoms with Crippen LogP contribution < -0.4 is 9.47 Å². The summed E-state index contributed by atoms with van der Waals surface area (Å²) in [4.78, 5) is 4.34. The van der Waals surface area contributed by atoms with Gasteiger partial charge in [-0.05, 0) is 26.0 Å². The van der Waals surface area contributed by atoms with Crippen molar-refractivity contribution in [3.05, 3.63) is 36.2 Å². The molecule has 0 saturated carbocycles. The number of hydrogen-bond acceptors (Lipinski definition) is 3. The maximum Gasteiger partial charge on any atom is 0.302 e. The maximum atomic E-state index is 5.77. The van der Waals surface area contributed by atoms with Crippen LogP contribution in [0.5, 0.6) is 17.5 Å². The van der Waals surface area contributed by atoms with Gasteiger partial charge >= 0.3 is 6.01 Å². The summed E-state index contributed by atoms with van der Waals surface area (Å²) >= 11 is 0. The van der Waals surface area contributed by atoms with E-state index in [1.54, 1.807) is 7.11 Å². The van der Waals surface area contributed by atoms with Gasteiger partial charge in [-0.15, -0.1) is 0 Å². The lowest BCUT2D eigenvalue weighted by atomic mass is 10.3. The monoisotopic (exact) mass is 232 g/mol. The predicted molar refractivity (Wildman–Crippen MR) is 65.7 cm³/mol. The first-order chi connectivity index (χ1) is 8.24. The third-order valence-corrected chi connectivity index (χ3v) is 2.47. The molecule has 0 unspecified atom stereocenters. The lowest BCUT2D eigenvalue weighted by molar-refractivity contribution is 0.359. The van der Waals surface area contributed by atoms with E-state index in [-0.39, 0.29) is 0 Å². The Morgan fingerprint density at radius 2 is 1.94 bits per heavy atom. The van der Waals surface area contributed by atoms with E-state index >= 15 is 0 Å². The van der Waals surface area contributed by atoms with Crippen LogP contribution >= 0.6 is 0 Å². The summed E-state index contributed by atoms with van der Waals surface area (Å²) in [6, 6.07) is 8.13. The molecule has 90 valence electrons. The first kappa shape index (κ1) is 11.5. The van der Waals surface area contributed by atoms with Gasteiger partial charge in [0.2, 0.25) is 0 Å². The molecule has 4 heteroatoms. The third-order valence-electron chi connectivity index (χ3n) is 2.47. The molecule has 0 N–H and O–H groups in total. The number of methoxy groups -OCH3 is 1. The van der Waals surface area contributed by atoms with Crippen LogP contribution in [-0.4, -0.2) is 16.7 Å². The first-order valence-electron chi connectivity index (χ1n) is 5.59. The van der Waals surface area contributed by atoms with Crippen LogP contribution in [0.1, 0.15) is 12.6 Å². The Bertz CT molecular complexity index is 506. The molecular formula is C13H16N2O2. The number of ether oxygens (including phenoxy) is 2. The van der Waals surface area contributed by atoms with E-state index in [1.165, 1.54) is 0 Å². The third kappa shape index (κ3) is 2.41. The highest BCUT2D eigenvalue weighted by atomic mass is 16.5. The van der Waals surface area contributed by atoms with E-state index in [1.807, 2.05) is 42.0 Å². The smallest absolute Gasteiger partial charge is 0.302 e. The quantitative estimate of drug-likeness (QED) is 0.813. The Hall–Kier alpha value is -1.97. The summed E-state index contributed by atoms with van der Waals surface area (Å²) in [6.07, 6.45) is 1.96. The summed E-state index contributed by atoms with van der Waals surface area (Å²) in [5.74, 6) is 1.38. The van der Waals surface area contributed by atoms with Gasteiger partial charge in [-0.1, -0.05) is 12.1 Å². The molecule has 1 aromatic carbocycles. The lowest BCUT2D eigenvalue weighted by Crippen LogP contribution is -1.98. The van der Waals surface area contributed by atoms with Gasteiger partial charge in [-0.25, -0.2) is 4.98 Å². The van der Waals surface area contributed by atoms with Gasteiger partial charge in [0, 0.05) is 12.7 Å². The normalized spacial score (nSPS) is 10.3. The Kier molecular flexibility index (Phi) is 3.32. The molecule has 0 saturated heterocycles. The van der Waals surface area contributed by atoms with Crippen LogP contribution in [0.3, 0.4) is 0 Å². The van der Waals surface area contributed by atoms with Crippen LogP contribution in [0.2, 0.25) is 0 Å². The molecule has 0 aliphatic carbocycles. The molecular weight excluding hydrogens is 216 g/mol. The van der Waals surface area contributed by atoms with Crippen molar-refractivity contribution in [1.82, 2.24) is 9.55 Å². The summed E-state index contributed by atoms with van der Waals surface area (Å²) in [5, 5.41) is 0. The summed E-state index contributed by atoms with van der Waals surface area (Å²) in [6.45, 7) is 4.82. The zero-order chi connectivity index (χ0) is 12.3. The van der Waals surface area contributed by atoms with Gasteiger partial charge in [0.25, 0.3) is 0 Å². The second-order valence-electron chi connectivity index (χ2n) is 3.70. The molecule has 17 heavy (non-hydrogen) atoms. The van der Waals surface area contributed by atoms with E-state index in [4.69, 9.17) is 9.47 Å². The van der Waals surface area contributed by atoms with Crippen LogP contribution in [-0.2, 0) is 6.54 Å². The number of imidazole rings is 1. The fourth-order valence-corrected chi connectivity index (χ4v) is 1.63. The number of aromatic nitrogens is 2. The molecule has 1 heterocycles. The minimum absolute atomic E-state index is 0.592. The number of rotatable bonds is 4. The van der Waals surface area contributed by atoms with Crippen molar-refractivity contribution in [1.29, 1.82) is 0 Å². The van der Waals surface area contributed by atoms with Crippen molar-refractivity contribution in [2.75, 3.05) is 7.11 Å². The highest BCUT2D eigenvalue weighted by molar-refractivity contribution is 5.41. The second kappa shape index (κ2) is 4.91. The molecule has 4 nitrogen and oxygen atoms in total. The van der Waals surface area contributed by atoms with Crippen molar-refractivity contribution < 1.29 is 9.47 Å². The maximum absolute atomic E-state index is 5.77. The fourth-order valence-electron chi connectivity index (χ4n) is 1.63. The van der Waals surface area contributed by atoms with E-state index < -0.39 is 0 Å². The zero-order valence-corrected chi connectivity index (χ0v) is 10.3. The van der Waals surface area contributed by atoms with E-state index in [0.717, 1.165) is 12.2 Å². The van der Waals surface area contributed by atoms with Gasteiger partial charge in [-0.3, -0.25) is 0 Å². The Balaban J connectivity index is 2.30. The van der Waals surface area contributed by atoms with Crippen molar-refractivity contribution in [2.24, 2.45) is 0 Å². The Morgan fingerprint density at radius 1 is 1.24 bits per heavy atom. The number of benzene rings is 1. The minimum atomic E-state index is 0.592. The largest absolute Gasteiger partial charge is 0.493 e. The predicted octanol–water partition coefficient (Wildman–Crippen LogP) is 3.01. The molecule has 0 atom stereocenters. The van der Waals surface area contributed by atoms with E-state index in [0.29, 0.717) is 17.5 Å². The molecule has 0 radical (unpaired) electrons. The topological polar surface area (TPSA) is 36.3 Å². The fraction of sp³-hybridized carbons (Fsp3) is 0.308. The van der Waals surface area contributed by atoms with Crippen molar-refractivity contribution in [3.8, 4) is 17.5 Å². The summed E-state index contributed by atoms with van der Waals surface area (Å²) < 4.78 is 13.0. The molecule has 0 amide bonds. The standard InChI is InChI=1S/C13H16N2O2/c1-4-15-9-10(2)14-13(15)17-12-8-6-5-7-11(12)16-3/h5-9H,4H2,1-3H3. The van der Waals surface area contributed by atoms with Gasteiger partial charge in [0.15, 0.2) is 11.5 Å². The van der Waals surface area contributed by atoms with E-state index in [2.05, 4.69) is 11.9 Å². The average Bonchev–Trinajstić information content (AvgIpc) is 2.70. The lowest BCUT2D eigenvalue weighted by Gasteiger charge is -2.09. The molecule has 0 aliphatic rings. The van der Waals surface area contributed by atoms with Crippen molar-refractivity contribution >= 4 is 0 Å². The highest BCUT2D eigenvalue weighted by Crippen LogP contribution is 2.30. The molecule has 1 aromatic heterocycles. The Labute approximate surface area is 101 Å². The first-order valence-corrected chi connectivity index (χ1v) is 5.59. The van der Waals surface area contributed by atoms with Gasteiger partial charge in [0.05, 0.1) is 12.8 Å². The Morgan fingerprint density at radius 3 is 2.59 bits per heavy atom. The van der Waals surface area contributed by atoms with E-state index in [9.17, 15) is 0 Å².